The zero-order chi connectivity index (χ0) is 9.84. The number of hydrogen-bond acceptors (Lipinski definition) is 1. The molecular formula is C10H13BrFN. The highest BCUT2D eigenvalue weighted by atomic mass is 79.9. The Morgan fingerprint density at radius 3 is 2.23 bits per heavy atom. The van der Waals surface area contributed by atoms with E-state index in [1.807, 2.05) is 43.3 Å². The van der Waals surface area contributed by atoms with Crippen molar-refractivity contribution in [3.05, 3.63) is 34.3 Å². The summed E-state index contributed by atoms with van der Waals surface area (Å²) in [7, 11) is 3.76. The summed E-state index contributed by atoms with van der Waals surface area (Å²) in [5.74, 6) is 0. The second-order valence-electron chi connectivity index (χ2n) is 3.19. The number of alkyl halides is 1. The molecule has 1 nitrogen and oxygen atoms in total. The van der Waals surface area contributed by atoms with Crippen LogP contribution in [0, 0.1) is 0 Å². The molecular weight excluding hydrogens is 233 g/mol. The van der Waals surface area contributed by atoms with Crippen LogP contribution < -0.4 is 0 Å². The number of hydrogen-bond donors (Lipinski definition) is 0. The molecule has 0 aliphatic carbocycles. The van der Waals surface area contributed by atoms with E-state index in [0.29, 0.717) is 0 Å². The molecule has 13 heavy (non-hydrogen) atoms. The zero-order valence-electron chi connectivity index (χ0n) is 7.80. The van der Waals surface area contributed by atoms with Crippen LogP contribution in [-0.4, -0.2) is 25.7 Å². The highest BCUT2D eigenvalue weighted by molar-refractivity contribution is 9.10. The molecule has 0 spiro atoms. The van der Waals surface area contributed by atoms with Gasteiger partial charge in [0.2, 0.25) is 0 Å². The summed E-state index contributed by atoms with van der Waals surface area (Å²) in [5.41, 5.74) is 1.01. The Morgan fingerprint density at radius 1 is 1.31 bits per heavy atom. The van der Waals surface area contributed by atoms with Gasteiger partial charge in [0, 0.05) is 4.47 Å². The molecule has 1 rings (SSSR count). The number of nitrogens with zero attached hydrogens (tertiary/aromatic N) is 1. The van der Waals surface area contributed by atoms with Crippen molar-refractivity contribution < 1.29 is 4.39 Å². The lowest BCUT2D eigenvalue weighted by Crippen LogP contribution is -2.21. The van der Waals surface area contributed by atoms with Crippen molar-refractivity contribution in [3.63, 3.8) is 0 Å². The third kappa shape index (κ3) is 2.78. The average Bonchev–Trinajstić information content (AvgIpc) is 2.09. The van der Waals surface area contributed by atoms with Crippen LogP contribution >= 0.6 is 15.9 Å². The topological polar surface area (TPSA) is 3.24 Å². The Bertz CT molecular complexity index is 258. The molecule has 0 N–H and O–H groups in total. The van der Waals surface area contributed by atoms with Gasteiger partial charge in [-0.1, -0.05) is 28.1 Å². The molecule has 0 saturated heterocycles. The summed E-state index contributed by atoms with van der Waals surface area (Å²) in [4.78, 5) is 1.88. The Labute approximate surface area is 86.7 Å². The van der Waals surface area contributed by atoms with Crippen molar-refractivity contribution in [2.75, 3.05) is 20.8 Å². The largest absolute Gasteiger partial charge is 0.300 e. The van der Waals surface area contributed by atoms with Crippen LogP contribution in [0.25, 0.3) is 0 Å². The van der Waals surface area contributed by atoms with Crippen molar-refractivity contribution >= 4 is 15.9 Å². The van der Waals surface area contributed by atoms with Gasteiger partial charge < -0.3 is 4.90 Å². The zero-order valence-corrected chi connectivity index (χ0v) is 9.38. The van der Waals surface area contributed by atoms with Crippen molar-refractivity contribution in [1.29, 1.82) is 0 Å². The fourth-order valence-electron chi connectivity index (χ4n) is 1.21. The Morgan fingerprint density at radius 2 is 1.85 bits per heavy atom. The first-order valence-corrected chi connectivity index (χ1v) is 4.92. The average molecular weight is 246 g/mol. The van der Waals surface area contributed by atoms with Gasteiger partial charge in [0.1, 0.15) is 6.67 Å². The van der Waals surface area contributed by atoms with Crippen LogP contribution in [-0.2, 0) is 0 Å². The fourth-order valence-corrected chi connectivity index (χ4v) is 1.47. The predicted octanol–water partition coefficient (Wildman–Crippen LogP) is 3.02. The normalized spacial score (nSPS) is 13.3. The molecule has 0 radical (unpaired) electrons. The van der Waals surface area contributed by atoms with E-state index in [-0.39, 0.29) is 12.7 Å². The monoisotopic (exact) mass is 245 g/mol. The maximum Gasteiger partial charge on any atom is 0.109 e. The van der Waals surface area contributed by atoms with E-state index in [0.717, 1.165) is 10.0 Å². The third-order valence-corrected chi connectivity index (χ3v) is 2.55. The molecule has 1 unspecified atom stereocenters. The van der Waals surface area contributed by atoms with Crippen LogP contribution in [0.15, 0.2) is 28.7 Å². The van der Waals surface area contributed by atoms with Crippen molar-refractivity contribution in [3.8, 4) is 0 Å². The Hall–Kier alpha value is -0.410. The minimum Gasteiger partial charge on any atom is -0.300 e. The van der Waals surface area contributed by atoms with Crippen LogP contribution in [0.4, 0.5) is 4.39 Å². The van der Waals surface area contributed by atoms with Gasteiger partial charge in [-0.3, -0.25) is 0 Å². The molecule has 0 aliphatic heterocycles. The summed E-state index contributed by atoms with van der Waals surface area (Å²) in [6.07, 6.45) is 0. The molecule has 0 bridgehead atoms. The maximum absolute atomic E-state index is 12.6. The first-order chi connectivity index (χ1) is 6.15. The van der Waals surface area contributed by atoms with E-state index in [4.69, 9.17) is 0 Å². The van der Waals surface area contributed by atoms with Gasteiger partial charge in [-0.05, 0) is 31.8 Å². The van der Waals surface area contributed by atoms with E-state index in [1.54, 1.807) is 0 Å². The molecule has 0 aromatic heterocycles. The molecule has 0 amide bonds. The highest BCUT2D eigenvalue weighted by Gasteiger charge is 2.12. The van der Waals surface area contributed by atoms with Crippen molar-refractivity contribution in [1.82, 2.24) is 4.90 Å². The quantitative estimate of drug-likeness (QED) is 0.792. The van der Waals surface area contributed by atoms with E-state index < -0.39 is 0 Å². The predicted molar refractivity (Wildman–Crippen MR) is 56.5 cm³/mol. The first-order valence-electron chi connectivity index (χ1n) is 4.13. The Kier molecular flexibility index (Phi) is 3.88. The van der Waals surface area contributed by atoms with Gasteiger partial charge in [0.05, 0.1) is 6.04 Å². The SMILES string of the molecule is CN(C)C(CF)c1ccc(Br)cc1. The van der Waals surface area contributed by atoms with Crippen molar-refractivity contribution in [2.45, 2.75) is 6.04 Å². The molecule has 0 aliphatic rings. The lowest BCUT2D eigenvalue weighted by atomic mass is 10.1. The van der Waals surface area contributed by atoms with E-state index >= 15 is 0 Å². The van der Waals surface area contributed by atoms with Crippen LogP contribution in [0.5, 0.6) is 0 Å². The smallest absolute Gasteiger partial charge is 0.109 e. The molecule has 72 valence electrons. The van der Waals surface area contributed by atoms with Gasteiger partial charge in [-0.2, -0.15) is 0 Å². The molecule has 1 atom stereocenters. The van der Waals surface area contributed by atoms with Crippen LogP contribution in [0.1, 0.15) is 11.6 Å². The third-order valence-electron chi connectivity index (χ3n) is 2.02. The molecule has 1 aromatic rings. The van der Waals surface area contributed by atoms with Gasteiger partial charge >= 0.3 is 0 Å². The molecule has 3 heteroatoms. The highest BCUT2D eigenvalue weighted by Crippen LogP contribution is 2.20. The van der Waals surface area contributed by atoms with Gasteiger partial charge in [0.25, 0.3) is 0 Å². The molecule has 0 saturated carbocycles. The van der Waals surface area contributed by atoms with Gasteiger partial charge in [-0.25, -0.2) is 4.39 Å². The summed E-state index contributed by atoms with van der Waals surface area (Å²) < 4.78 is 13.7. The maximum atomic E-state index is 12.6. The van der Waals surface area contributed by atoms with Crippen molar-refractivity contribution in [2.24, 2.45) is 0 Å². The summed E-state index contributed by atoms with van der Waals surface area (Å²) in [6, 6.07) is 7.61. The number of rotatable bonds is 3. The minimum atomic E-state index is -0.353. The number of halogens is 2. The van der Waals surface area contributed by atoms with Gasteiger partial charge in [-0.15, -0.1) is 0 Å². The van der Waals surface area contributed by atoms with E-state index in [9.17, 15) is 4.39 Å². The second kappa shape index (κ2) is 4.72. The second-order valence-corrected chi connectivity index (χ2v) is 4.10. The van der Waals surface area contributed by atoms with E-state index in [2.05, 4.69) is 15.9 Å². The molecule has 0 fully saturated rings. The first kappa shape index (κ1) is 10.7. The lowest BCUT2D eigenvalue weighted by molar-refractivity contribution is 0.242. The molecule has 0 heterocycles. The molecule has 1 aromatic carbocycles. The summed E-state index contributed by atoms with van der Waals surface area (Å²) in [6.45, 7) is -0.353. The lowest BCUT2D eigenvalue weighted by Gasteiger charge is -2.21. The Balaban J connectivity index is 2.86. The number of benzene rings is 1. The minimum absolute atomic E-state index is 0.131. The van der Waals surface area contributed by atoms with Gasteiger partial charge in [0.15, 0.2) is 0 Å². The van der Waals surface area contributed by atoms with Crippen LogP contribution in [0.2, 0.25) is 0 Å². The van der Waals surface area contributed by atoms with Crippen LogP contribution in [0.3, 0.4) is 0 Å². The van der Waals surface area contributed by atoms with E-state index in [1.165, 1.54) is 0 Å². The standard InChI is InChI=1S/C10H13BrFN/c1-13(2)10(7-12)8-3-5-9(11)6-4-8/h3-6,10H,7H2,1-2H3. The summed E-state index contributed by atoms with van der Waals surface area (Å²) in [5, 5.41) is 0. The fraction of sp³-hybridized carbons (Fsp3) is 0.400. The summed E-state index contributed by atoms with van der Waals surface area (Å²) >= 11 is 3.35.